The number of nitrogens with zero attached hydrogens (tertiary/aromatic N) is 5. The number of methoxy groups -OCH3 is 1. The molecule has 1 aliphatic heterocycles. The second-order valence-electron chi connectivity index (χ2n) is 18.0. The maximum atomic E-state index is 14.0. The molecule has 14 heteroatoms. The van der Waals surface area contributed by atoms with Crippen LogP contribution in [-0.2, 0) is 36.6 Å². The number of hydrogen-bond acceptors (Lipinski definition) is 8. The highest BCUT2D eigenvalue weighted by molar-refractivity contribution is 5.98. The van der Waals surface area contributed by atoms with Crippen molar-refractivity contribution in [1.29, 1.82) is 0 Å². The maximum Gasteiger partial charge on any atom is 0.408 e. The van der Waals surface area contributed by atoms with E-state index in [-0.39, 0.29) is 17.3 Å². The quantitative estimate of drug-likeness (QED) is 0.0966. The van der Waals surface area contributed by atoms with Crippen LogP contribution in [0.3, 0.4) is 0 Å². The Bertz CT molecular complexity index is 2240. The first kappa shape index (κ1) is 47.6. The summed E-state index contributed by atoms with van der Waals surface area (Å²) in [6.45, 7) is 15.8. The number of carbonyl (C=O) groups excluding carboxylic acids is 4. The summed E-state index contributed by atoms with van der Waals surface area (Å²) in [4.78, 5) is 64.2. The summed E-state index contributed by atoms with van der Waals surface area (Å²) in [7, 11) is 1.59. The molecule has 3 heterocycles. The fraction of sp³-hybridized carbons (Fsp3) is 0.429. The van der Waals surface area contributed by atoms with Crippen molar-refractivity contribution in [2.45, 2.75) is 116 Å². The van der Waals surface area contributed by atoms with E-state index in [1.54, 1.807) is 52.5 Å². The minimum absolute atomic E-state index is 0.0300. The van der Waals surface area contributed by atoms with Gasteiger partial charge < -0.3 is 39.5 Å². The van der Waals surface area contributed by atoms with Gasteiger partial charge in [-0.2, -0.15) is 0 Å². The topological polar surface area (TPSA) is 162 Å². The highest BCUT2D eigenvalue weighted by Crippen LogP contribution is 2.32. The van der Waals surface area contributed by atoms with Gasteiger partial charge in [-0.25, -0.2) is 14.8 Å². The Morgan fingerprint density at radius 1 is 0.778 bits per heavy atom. The van der Waals surface area contributed by atoms with Crippen LogP contribution in [0.5, 0.6) is 5.75 Å². The molecule has 0 spiro atoms. The smallest absolute Gasteiger partial charge is 0.408 e. The Hall–Kier alpha value is -6.44. The predicted octanol–water partition coefficient (Wildman–Crippen LogP) is 7.69. The summed E-state index contributed by atoms with van der Waals surface area (Å²) in [5.41, 5.74) is -0.158. The molecular formula is C49H64N8O6. The Morgan fingerprint density at radius 3 is 2.00 bits per heavy atom. The molecule has 1 saturated heterocycles. The number of aromatic nitrogens is 4. The Morgan fingerprint density at radius 2 is 1.41 bits per heavy atom. The fourth-order valence-corrected chi connectivity index (χ4v) is 7.33. The molecule has 0 bridgehead atoms. The van der Waals surface area contributed by atoms with Crippen molar-refractivity contribution in [2.75, 3.05) is 25.5 Å². The molecule has 4 amide bonds. The van der Waals surface area contributed by atoms with Gasteiger partial charge in [0.1, 0.15) is 28.5 Å². The third-order valence-electron chi connectivity index (χ3n) is 11.2. The van der Waals surface area contributed by atoms with Gasteiger partial charge in [0.25, 0.3) is 5.91 Å². The van der Waals surface area contributed by atoms with Crippen LogP contribution < -0.4 is 20.7 Å². The number of anilines is 1. The van der Waals surface area contributed by atoms with Gasteiger partial charge in [-0.1, -0.05) is 72.8 Å². The molecule has 0 aliphatic carbocycles. The molecule has 1 fully saturated rings. The number of amides is 4. The first-order valence-corrected chi connectivity index (χ1v) is 21.5. The SMILES string of the molecule is CC(C)(c1ccccc1)n1ccnc1.COc1ccc(C(C)(C(=O)N2CCCC2)n2cnc(NC(=O)[C@@H](CCCc3ccccc3)NC(=O)C(C)(C)NC(=O)OC(C)(C)C)c2)cc1. The third kappa shape index (κ3) is 12.6. The zero-order chi connectivity index (χ0) is 45.8. The van der Waals surface area contributed by atoms with E-state index in [0.29, 0.717) is 38.1 Å². The number of alkyl carbamates (subject to hydrolysis) is 1. The van der Waals surface area contributed by atoms with E-state index < -0.39 is 40.6 Å². The van der Waals surface area contributed by atoms with Gasteiger partial charge in [-0.3, -0.25) is 14.4 Å². The van der Waals surface area contributed by atoms with Gasteiger partial charge in [0.15, 0.2) is 5.82 Å². The van der Waals surface area contributed by atoms with Crippen LogP contribution >= 0.6 is 0 Å². The minimum atomic E-state index is -1.38. The summed E-state index contributed by atoms with van der Waals surface area (Å²) >= 11 is 0. The summed E-state index contributed by atoms with van der Waals surface area (Å²) in [6.07, 6.45) is 11.6. The van der Waals surface area contributed by atoms with E-state index in [0.717, 1.165) is 24.0 Å². The summed E-state index contributed by atoms with van der Waals surface area (Å²) in [5, 5.41) is 8.28. The predicted molar refractivity (Wildman–Crippen MR) is 244 cm³/mol. The minimum Gasteiger partial charge on any atom is -0.497 e. The lowest BCUT2D eigenvalue weighted by Gasteiger charge is -2.34. The number of benzene rings is 3. The lowest BCUT2D eigenvalue weighted by molar-refractivity contribution is -0.137. The van der Waals surface area contributed by atoms with E-state index in [2.05, 4.69) is 68.6 Å². The highest BCUT2D eigenvalue weighted by atomic mass is 16.6. The van der Waals surface area contributed by atoms with E-state index in [1.807, 2.05) is 91.2 Å². The van der Waals surface area contributed by atoms with Crippen LogP contribution in [0, 0.1) is 0 Å². The van der Waals surface area contributed by atoms with Gasteiger partial charge in [0, 0.05) is 31.7 Å². The number of imidazole rings is 2. The second-order valence-corrected chi connectivity index (χ2v) is 18.0. The average Bonchev–Trinajstić information content (AvgIpc) is 4.08. The van der Waals surface area contributed by atoms with Crippen molar-refractivity contribution in [1.82, 2.24) is 34.6 Å². The van der Waals surface area contributed by atoms with Crippen LogP contribution in [0.2, 0.25) is 0 Å². The molecule has 3 aromatic carbocycles. The summed E-state index contributed by atoms with van der Waals surface area (Å²) < 4.78 is 14.5. The number of ether oxygens (including phenoxy) is 2. The van der Waals surface area contributed by atoms with Crippen LogP contribution in [0.25, 0.3) is 0 Å². The van der Waals surface area contributed by atoms with E-state index in [9.17, 15) is 19.2 Å². The number of nitrogens with one attached hydrogen (secondary N) is 3. The molecule has 336 valence electrons. The van der Waals surface area contributed by atoms with Gasteiger partial charge >= 0.3 is 6.09 Å². The first-order valence-electron chi connectivity index (χ1n) is 21.5. The molecule has 1 unspecified atom stereocenters. The van der Waals surface area contributed by atoms with Crippen LogP contribution in [0.15, 0.2) is 116 Å². The van der Waals surface area contributed by atoms with Crippen molar-refractivity contribution in [3.8, 4) is 5.75 Å². The standard InChI is InChI=1S/C37H50N6O6.C12H14N2/c1-35(2,3)49-34(47)41-36(4,5)32(45)39-29(17-13-16-26-14-9-8-10-15-26)31(44)40-30-24-43(25-38-30)37(6,33(46)42-22-11-12-23-42)27-18-20-28(48-7)21-19-27;1-12(2,14-9-8-13-10-14)11-6-4-3-5-7-11/h8-10,14-15,18-21,24-25,29H,11-13,16-17,22-23H2,1-7H3,(H,39,45)(H,40,44)(H,41,47);3-10H,1-2H3/t29-,37?;/m1./s1. The molecule has 63 heavy (non-hydrogen) atoms. The van der Waals surface area contributed by atoms with E-state index in [1.165, 1.54) is 11.9 Å². The monoisotopic (exact) mass is 860 g/mol. The molecule has 3 N–H and O–H groups in total. The Balaban J connectivity index is 0.000000449. The van der Waals surface area contributed by atoms with Gasteiger partial charge in [0.05, 0.1) is 25.3 Å². The highest BCUT2D eigenvalue weighted by Gasteiger charge is 2.41. The zero-order valence-electron chi connectivity index (χ0n) is 38.2. The third-order valence-corrected chi connectivity index (χ3v) is 11.2. The Kier molecular flexibility index (Phi) is 15.6. The van der Waals surface area contributed by atoms with Crippen LogP contribution in [0.1, 0.15) is 97.8 Å². The number of rotatable bonds is 15. The van der Waals surface area contributed by atoms with Crippen molar-refractivity contribution >= 4 is 29.6 Å². The largest absolute Gasteiger partial charge is 0.497 e. The molecule has 0 radical (unpaired) electrons. The van der Waals surface area contributed by atoms with Crippen molar-refractivity contribution < 1.29 is 28.7 Å². The molecule has 14 nitrogen and oxygen atoms in total. The molecule has 5 aromatic rings. The first-order chi connectivity index (χ1) is 29.8. The summed E-state index contributed by atoms with van der Waals surface area (Å²) in [6, 6.07) is 26.7. The molecule has 0 saturated carbocycles. The lowest BCUT2D eigenvalue weighted by atomic mass is 9.90. The van der Waals surface area contributed by atoms with E-state index >= 15 is 0 Å². The molecule has 2 atom stereocenters. The van der Waals surface area contributed by atoms with Crippen molar-refractivity contribution in [3.63, 3.8) is 0 Å². The second kappa shape index (κ2) is 20.6. The van der Waals surface area contributed by atoms with Gasteiger partial charge in [0.2, 0.25) is 11.8 Å². The average molecular weight is 861 g/mol. The molecule has 2 aromatic heterocycles. The maximum absolute atomic E-state index is 14.0. The normalized spacial score (nSPS) is 14.3. The van der Waals surface area contributed by atoms with Gasteiger partial charge in [-0.15, -0.1) is 0 Å². The van der Waals surface area contributed by atoms with Gasteiger partial charge in [-0.05, 0) is 116 Å². The molecule has 1 aliphatic rings. The molecule has 6 rings (SSSR count). The van der Waals surface area contributed by atoms with E-state index in [4.69, 9.17) is 9.47 Å². The number of carbonyl (C=O) groups is 4. The zero-order valence-corrected chi connectivity index (χ0v) is 38.2. The Labute approximate surface area is 371 Å². The van der Waals surface area contributed by atoms with Crippen molar-refractivity contribution in [3.05, 3.63) is 133 Å². The van der Waals surface area contributed by atoms with Crippen LogP contribution in [-0.4, -0.2) is 85.2 Å². The summed E-state index contributed by atoms with van der Waals surface area (Å²) in [5.74, 6) is -0.199. The lowest BCUT2D eigenvalue weighted by Crippen LogP contribution is -2.58. The van der Waals surface area contributed by atoms with Crippen LogP contribution in [0.4, 0.5) is 10.6 Å². The fourth-order valence-electron chi connectivity index (χ4n) is 7.33. The van der Waals surface area contributed by atoms with Crippen molar-refractivity contribution in [2.24, 2.45) is 0 Å². The number of likely N-dealkylation sites (tertiary alicyclic amines) is 1. The number of aryl methyl sites for hydroxylation is 1. The molecular weight excluding hydrogens is 797 g/mol. The number of hydrogen-bond donors (Lipinski definition) is 3.